The SMILES string of the molecule is C[C@H]1c2c([nH]c(N)c2/C=C(\N)c2ccccc2O)CCN1c1ncc(C2CCNCC2)cn1. The van der Waals surface area contributed by atoms with Gasteiger partial charge in [0.05, 0.1) is 6.04 Å². The number of anilines is 2. The third-order valence-corrected chi connectivity index (χ3v) is 6.92. The predicted molar refractivity (Wildman–Crippen MR) is 132 cm³/mol. The summed E-state index contributed by atoms with van der Waals surface area (Å²) in [6, 6.07) is 7.07. The lowest BCUT2D eigenvalue weighted by Gasteiger charge is -2.34. The molecule has 172 valence electrons. The number of hydrogen-bond acceptors (Lipinski definition) is 7. The van der Waals surface area contributed by atoms with Gasteiger partial charge in [-0.2, -0.15) is 0 Å². The monoisotopic (exact) mass is 445 g/mol. The molecule has 8 nitrogen and oxygen atoms in total. The standard InChI is InChI=1S/C25H31N7O/c1-15-23-19(12-20(26)18-4-2-3-5-22(18)33)24(27)31-21(23)8-11-32(15)25-29-13-17(14-30-25)16-6-9-28-10-7-16/h2-5,12-16,28,31,33H,6-11,26-27H2,1H3/b20-12-/t15-/m0/s1. The van der Waals surface area contributed by atoms with Crippen LogP contribution in [0, 0.1) is 0 Å². The van der Waals surface area contributed by atoms with Crippen molar-refractivity contribution in [2.75, 3.05) is 30.3 Å². The number of benzene rings is 1. The van der Waals surface area contributed by atoms with E-state index in [0.29, 0.717) is 23.0 Å². The first-order chi connectivity index (χ1) is 16.0. The summed E-state index contributed by atoms with van der Waals surface area (Å²) in [5.41, 5.74) is 18.1. The number of aromatic amines is 1. The summed E-state index contributed by atoms with van der Waals surface area (Å²) in [6.45, 7) is 5.04. The Morgan fingerprint density at radius 3 is 2.64 bits per heavy atom. The number of para-hydroxylation sites is 1. The molecule has 0 radical (unpaired) electrons. The third-order valence-electron chi connectivity index (χ3n) is 6.92. The number of fused-ring (bicyclic) bond motifs is 1. The highest BCUT2D eigenvalue weighted by molar-refractivity contribution is 5.86. The molecule has 0 aliphatic carbocycles. The fourth-order valence-corrected chi connectivity index (χ4v) is 5.09. The number of nitrogen functional groups attached to an aromatic ring is 1. The van der Waals surface area contributed by atoms with Crippen LogP contribution in [0.4, 0.5) is 11.8 Å². The van der Waals surface area contributed by atoms with E-state index in [-0.39, 0.29) is 11.8 Å². The van der Waals surface area contributed by atoms with Crippen molar-refractivity contribution in [1.29, 1.82) is 0 Å². The predicted octanol–water partition coefficient (Wildman–Crippen LogP) is 3.14. The summed E-state index contributed by atoms with van der Waals surface area (Å²) in [6.07, 6.45) is 8.90. The van der Waals surface area contributed by atoms with E-state index in [4.69, 9.17) is 21.4 Å². The molecule has 33 heavy (non-hydrogen) atoms. The molecule has 3 aromatic rings. The molecular weight excluding hydrogens is 414 g/mol. The molecule has 2 aromatic heterocycles. The van der Waals surface area contributed by atoms with Crippen LogP contribution >= 0.6 is 0 Å². The molecule has 0 amide bonds. The van der Waals surface area contributed by atoms with Crippen molar-refractivity contribution in [3.8, 4) is 5.75 Å². The van der Waals surface area contributed by atoms with E-state index in [1.54, 1.807) is 18.2 Å². The summed E-state index contributed by atoms with van der Waals surface area (Å²) in [5, 5.41) is 13.6. The van der Waals surface area contributed by atoms with Gasteiger partial charge in [-0.1, -0.05) is 12.1 Å². The van der Waals surface area contributed by atoms with Gasteiger partial charge in [0.2, 0.25) is 5.95 Å². The van der Waals surface area contributed by atoms with E-state index < -0.39 is 0 Å². The van der Waals surface area contributed by atoms with E-state index in [9.17, 15) is 5.11 Å². The van der Waals surface area contributed by atoms with Crippen LogP contribution < -0.4 is 21.7 Å². The maximum atomic E-state index is 10.2. The van der Waals surface area contributed by atoms with Crippen LogP contribution in [-0.4, -0.2) is 39.7 Å². The first kappa shape index (κ1) is 21.3. The molecule has 2 aliphatic heterocycles. The summed E-state index contributed by atoms with van der Waals surface area (Å²) in [7, 11) is 0. The van der Waals surface area contributed by atoms with Crippen molar-refractivity contribution in [1.82, 2.24) is 20.3 Å². The number of nitrogens with zero attached hydrogens (tertiary/aromatic N) is 3. The Morgan fingerprint density at radius 2 is 1.91 bits per heavy atom. The van der Waals surface area contributed by atoms with Crippen LogP contribution in [0.2, 0.25) is 0 Å². The number of hydrogen-bond donors (Lipinski definition) is 5. The Kier molecular flexibility index (Phi) is 5.68. The highest BCUT2D eigenvalue weighted by Gasteiger charge is 2.31. The molecule has 8 heteroatoms. The van der Waals surface area contributed by atoms with E-state index in [2.05, 4.69) is 22.1 Å². The lowest BCUT2D eigenvalue weighted by molar-refractivity contribution is 0.458. The number of nitrogens with two attached hydrogens (primary N) is 2. The van der Waals surface area contributed by atoms with Gasteiger partial charge < -0.3 is 31.8 Å². The van der Waals surface area contributed by atoms with Gasteiger partial charge in [0.25, 0.3) is 0 Å². The Morgan fingerprint density at radius 1 is 1.18 bits per heavy atom. The summed E-state index contributed by atoms with van der Waals surface area (Å²) >= 11 is 0. The average molecular weight is 446 g/mol. The smallest absolute Gasteiger partial charge is 0.225 e. The number of aromatic hydroxyl groups is 1. The van der Waals surface area contributed by atoms with Gasteiger partial charge in [-0.25, -0.2) is 9.97 Å². The minimum Gasteiger partial charge on any atom is -0.507 e. The van der Waals surface area contributed by atoms with E-state index in [1.807, 2.05) is 24.5 Å². The van der Waals surface area contributed by atoms with E-state index >= 15 is 0 Å². The molecule has 4 heterocycles. The number of phenolic OH excluding ortho intramolecular Hbond substituents is 1. The van der Waals surface area contributed by atoms with Crippen LogP contribution in [0.25, 0.3) is 11.8 Å². The summed E-state index contributed by atoms with van der Waals surface area (Å²) < 4.78 is 0. The lowest BCUT2D eigenvalue weighted by Crippen LogP contribution is -2.35. The van der Waals surface area contributed by atoms with Gasteiger partial charge in [0, 0.05) is 53.4 Å². The molecule has 5 rings (SSSR count). The number of H-pyrrole nitrogens is 1. The first-order valence-electron chi connectivity index (χ1n) is 11.6. The van der Waals surface area contributed by atoms with Crippen LogP contribution in [-0.2, 0) is 6.42 Å². The maximum absolute atomic E-state index is 10.2. The zero-order chi connectivity index (χ0) is 22.9. The molecule has 0 spiro atoms. The number of piperidine rings is 1. The highest BCUT2D eigenvalue weighted by Crippen LogP contribution is 2.38. The molecule has 7 N–H and O–H groups in total. The normalized spacial score (nSPS) is 19.5. The summed E-state index contributed by atoms with van der Waals surface area (Å²) in [5.74, 6) is 1.99. The molecular formula is C25H31N7O. The van der Waals surface area contributed by atoms with Gasteiger partial charge in [-0.15, -0.1) is 0 Å². The van der Waals surface area contributed by atoms with Crippen molar-refractivity contribution < 1.29 is 5.11 Å². The Bertz CT molecular complexity index is 1160. The fourth-order valence-electron chi connectivity index (χ4n) is 5.09. The summed E-state index contributed by atoms with van der Waals surface area (Å²) in [4.78, 5) is 15.0. The Labute approximate surface area is 193 Å². The van der Waals surface area contributed by atoms with Crippen molar-refractivity contribution in [3.05, 3.63) is 64.6 Å². The van der Waals surface area contributed by atoms with Crippen molar-refractivity contribution >= 4 is 23.5 Å². The second-order valence-electron chi connectivity index (χ2n) is 8.92. The molecule has 1 saturated heterocycles. The second-order valence-corrected chi connectivity index (χ2v) is 8.92. The quantitative estimate of drug-likeness (QED) is 0.417. The average Bonchev–Trinajstić information content (AvgIpc) is 3.16. The van der Waals surface area contributed by atoms with Gasteiger partial charge in [-0.3, -0.25) is 0 Å². The lowest BCUT2D eigenvalue weighted by atomic mass is 9.92. The zero-order valence-corrected chi connectivity index (χ0v) is 18.9. The fraction of sp³-hybridized carbons (Fsp3) is 0.360. The van der Waals surface area contributed by atoms with Crippen LogP contribution in [0.3, 0.4) is 0 Å². The molecule has 1 atom stereocenters. The number of nitrogens with one attached hydrogen (secondary N) is 2. The van der Waals surface area contributed by atoms with Crippen LogP contribution in [0.1, 0.15) is 59.7 Å². The molecule has 0 bridgehead atoms. The minimum absolute atomic E-state index is 0.0236. The third kappa shape index (κ3) is 4.02. The molecule has 1 aromatic carbocycles. The Balaban J connectivity index is 1.44. The zero-order valence-electron chi connectivity index (χ0n) is 18.9. The van der Waals surface area contributed by atoms with Crippen molar-refractivity contribution in [2.24, 2.45) is 5.73 Å². The largest absolute Gasteiger partial charge is 0.507 e. The molecule has 1 fully saturated rings. The maximum Gasteiger partial charge on any atom is 0.225 e. The molecule has 0 unspecified atom stereocenters. The number of aromatic nitrogens is 3. The number of rotatable bonds is 4. The van der Waals surface area contributed by atoms with Crippen LogP contribution in [0.15, 0.2) is 36.7 Å². The van der Waals surface area contributed by atoms with Crippen molar-refractivity contribution in [3.63, 3.8) is 0 Å². The van der Waals surface area contributed by atoms with E-state index in [1.165, 1.54) is 5.56 Å². The van der Waals surface area contributed by atoms with Gasteiger partial charge in [0.1, 0.15) is 11.6 Å². The Hall–Kier alpha value is -3.52. The number of phenols is 1. The van der Waals surface area contributed by atoms with Gasteiger partial charge in [0.15, 0.2) is 0 Å². The van der Waals surface area contributed by atoms with Crippen molar-refractivity contribution in [2.45, 2.75) is 38.1 Å². The molecule has 2 aliphatic rings. The minimum atomic E-state index is 0.0236. The first-order valence-corrected chi connectivity index (χ1v) is 11.6. The van der Waals surface area contributed by atoms with E-state index in [0.717, 1.165) is 61.7 Å². The van der Waals surface area contributed by atoms with Gasteiger partial charge in [-0.05, 0) is 62.5 Å². The topological polar surface area (TPSA) is 129 Å². The van der Waals surface area contributed by atoms with Crippen LogP contribution in [0.5, 0.6) is 5.75 Å². The van der Waals surface area contributed by atoms with Gasteiger partial charge >= 0.3 is 0 Å². The molecule has 0 saturated carbocycles. The second kappa shape index (κ2) is 8.78. The highest BCUT2D eigenvalue weighted by atomic mass is 16.3.